The van der Waals surface area contributed by atoms with Crippen LogP contribution < -0.4 is 0 Å². The third-order valence-corrected chi connectivity index (χ3v) is 2.96. The van der Waals surface area contributed by atoms with Crippen molar-refractivity contribution in [2.75, 3.05) is 0 Å². The molecule has 15 heavy (non-hydrogen) atoms. The topological polar surface area (TPSA) is 20.2 Å². The van der Waals surface area contributed by atoms with Crippen LogP contribution in [0.1, 0.15) is 47.0 Å². The molecule has 1 N–H and O–H groups in total. The van der Waals surface area contributed by atoms with E-state index in [4.69, 9.17) is 0 Å². The largest absolute Gasteiger partial charge is 0.386 e. The van der Waals surface area contributed by atoms with Gasteiger partial charge in [0.15, 0.2) is 0 Å². The van der Waals surface area contributed by atoms with E-state index >= 15 is 0 Å². The number of alkyl halides is 2. The van der Waals surface area contributed by atoms with Crippen LogP contribution in [0, 0.1) is 5.41 Å². The Hall–Kier alpha value is -0.440. The molecule has 0 amide bonds. The molecule has 1 atom stereocenters. The third kappa shape index (κ3) is 2.57. The first-order valence-corrected chi connectivity index (χ1v) is 5.39. The van der Waals surface area contributed by atoms with Crippen molar-refractivity contribution in [2.24, 2.45) is 5.41 Å². The maximum Gasteiger partial charge on any atom is 0.274 e. The van der Waals surface area contributed by atoms with Crippen LogP contribution >= 0.6 is 0 Å². The summed E-state index contributed by atoms with van der Waals surface area (Å²) in [6.45, 7) is 6.16. The Bertz CT molecular complexity index is 272. The van der Waals surface area contributed by atoms with E-state index in [9.17, 15) is 13.9 Å². The van der Waals surface area contributed by atoms with Crippen molar-refractivity contribution in [1.82, 2.24) is 0 Å². The lowest BCUT2D eigenvalue weighted by atomic mass is 9.77. The molecule has 0 heterocycles. The minimum Gasteiger partial charge on any atom is -0.386 e. The minimum atomic E-state index is -2.84. The molecule has 0 radical (unpaired) electrons. The second kappa shape index (κ2) is 3.55. The van der Waals surface area contributed by atoms with Crippen LogP contribution in [0.25, 0.3) is 0 Å². The summed E-state index contributed by atoms with van der Waals surface area (Å²) in [5.74, 6) is -2.84. The number of hydrogen-bond acceptors (Lipinski definition) is 1. The molecule has 0 aromatic rings. The van der Waals surface area contributed by atoms with Gasteiger partial charge in [0, 0.05) is 5.41 Å². The van der Waals surface area contributed by atoms with Crippen molar-refractivity contribution >= 4 is 0 Å². The van der Waals surface area contributed by atoms with Gasteiger partial charge in [-0.2, -0.15) is 0 Å². The second-order valence-corrected chi connectivity index (χ2v) is 5.70. The molecule has 88 valence electrons. The maximum atomic E-state index is 14.0. The first-order valence-electron chi connectivity index (χ1n) is 5.39. The van der Waals surface area contributed by atoms with Gasteiger partial charge < -0.3 is 5.11 Å². The Morgan fingerprint density at radius 1 is 1.33 bits per heavy atom. The molecule has 0 aliphatic heterocycles. The smallest absolute Gasteiger partial charge is 0.274 e. The first kappa shape index (κ1) is 12.6. The lowest BCUT2D eigenvalue weighted by Crippen LogP contribution is -2.39. The highest BCUT2D eigenvalue weighted by atomic mass is 19.3. The summed E-state index contributed by atoms with van der Waals surface area (Å²) in [6.07, 6.45) is 2.93. The number of aliphatic hydroxyl groups is 1. The summed E-state index contributed by atoms with van der Waals surface area (Å²) < 4.78 is 28.0. The van der Waals surface area contributed by atoms with Crippen LogP contribution in [-0.2, 0) is 0 Å². The molecule has 0 spiro atoms. The van der Waals surface area contributed by atoms with Gasteiger partial charge in [0.2, 0.25) is 0 Å². The van der Waals surface area contributed by atoms with Gasteiger partial charge in [-0.15, -0.1) is 0 Å². The van der Waals surface area contributed by atoms with Crippen molar-refractivity contribution in [3.63, 3.8) is 0 Å². The molecule has 0 saturated carbocycles. The zero-order valence-electron chi connectivity index (χ0n) is 9.90. The maximum absolute atomic E-state index is 14.0. The normalized spacial score (nSPS) is 28.9. The quantitative estimate of drug-likeness (QED) is 0.667. The molecule has 1 nitrogen and oxygen atoms in total. The van der Waals surface area contributed by atoms with E-state index in [0.717, 1.165) is 0 Å². The Morgan fingerprint density at radius 3 is 2.27 bits per heavy atom. The van der Waals surface area contributed by atoms with Crippen molar-refractivity contribution in [3.8, 4) is 0 Å². The summed E-state index contributed by atoms with van der Waals surface area (Å²) in [5, 5.41) is 9.76. The lowest BCUT2D eigenvalue weighted by Gasteiger charge is -2.36. The van der Waals surface area contributed by atoms with Crippen molar-refractivity contribution in [1.29, 1.82) is 0 Å². The van der Waals surface area contributed by atoms with Crippen LogP contribution in [0.15, 0.2) is 11.6 Å². The Labute approximate surface area is 90.2 Å². The van der Waals surface area contributed by atoms with Gasteiger partial charge in [-0.1, -0.05) is 20.8 Å². The highest BCUT2D eigenvalue weighted by Crippen LogP contribution is 2.45. The summed E-state index contributed by atoms with van der Waals surface area (Å²) in [7, 11) is 0. The summed E-state index contributed by atoms with van der Waals surface area (Å²) in [5.41, 5.74) is -2.07. The summed E-state index contributed by atoms with van der Waals surface area (Å²) >= 11 is 0. The van der Waals surface area contributed by atoms with Gasteiger partial charge in [0.1, 0.15) is 0 Å². The van der Waals surface area contributed by atoms with Gasteiger partial charge in [-0.05, 0) is 37.8 Å². The molecule has 1 aliphatic carbocycles. The molecule has 0 fully saturated rings. The van der Waals surface area contributed by atoms with Crippen molar-refractivity contribution in [2.45, 2.75) is 58.5 Å². The van der Waals surface area contributed by atoms with E-state index in [1.165, 1.54) is 26.8 Å². The number of halogens is 2. The van der Waals surface area contributed by atoms with Crippen molar-refractivity contribution < 1.29 is 13.9 Å². The monoisotopic (exact) mass is 218 g/mol. The van der Waals surface area contributed by atoms with Gasteiger partial charge in [-0.3, -0.25) is 0 Å². The lowest BCUT2D eigenvalue weighted by molar-refractivity contribution is -0.0685. The van der Waals surface area contributed by atoms with Crippen LogP contribution in [-0.4, -0.2) is 16.6 Å². The highest BCUT2D eigenvalue weighted by molar-refractivity contribution is 5.23. The number of hydrogen-bond donors (Lipinski definition) is 1. The molecule has 0 aromatic heterocycles. The average molecular weight is 218 g/mol. The summed E-state index contributed by atoms with van der Waals surface area (Å²) in [4.78, 5) is 0. The highest BCUT2D eigenvalue weighted by Gasteiger charge is 2.47. The zero-order valence-corrected chi connectivity index (χ0v) is 9.90. The van der Waals surface area contributed by atoms with Crippen LogP contribution in [0.4, 0.5) is 8.78 Å². The van der Waals surface area contributed by atoms with Gasteiger partial charge in [-0.25, -0.2) is 8.78 Å². The van der Waals surface area contributed by atoms with E-state index in [1.54, 1.807) is 6.92 Å². The average Bonchev–Trinajstić information content (AvgIpc) is 2.00. The molecule has 1 unspecified atom stereocenters. The van der Waals surface area contributed by atoms with Gasteiger partial charge in [0.05, 0.1) is 5.60 Å². The Morgan fingerprint density at radius 2 is 1.87 bits per heavy atom. The number of rotatable bonds is 1. The van der Waals surface area contributed by atoms with E-state index in [2.05, 4.69) is 0 Å². The fraction of sp³-hybridized carbons (Fsp3) is 0.833. The third-order valence-electron chi connectivity index (χ3n) is 2.96. The van der Waals surface area contributed by atoms with Crippen LogP contribution in [0.5, 0.6) is 0 Å². The second-order valence-electron chi connectivity index (χ2n) is 5.70. The first-order chi connectivity index (χ1) is 6.56. The molecule has 1 aliphatic rings. The zero-order chi connectivity index (χ0) is 11.9. The van der Waals surface area contributed by atoms with E-state index < -0.39 is 16.9 Å². The molecule has 0 aromatic carbocycles. The summed E-state index contributed by atoms with van der Waals surface area (Å²) in [6, 6.07) is 0. The SMILES string of the molecule is CC1(O)C=C(C(F)(F)C(C)(C)C)CCC1. The van der Waals surface area contributed by atoms with Crippen LogP contribution in [0.2, 0.25) is 0 Å². The molecule has 0 bridgehead atoms. The molecule has 1 rings (SSSR count). The molecular weight excluding hydrogens is 198 g/mol. The molecular formula is C12H20F2O. The fourth-order valence-electron chi connectivity index (χ4n) is 1.89. The predicted octanol–water partition coefficient (Wildman–Crippen LogP) is 3.53. The van der Waals surface area contributed by atoms with E-state index in [-0.39, 0.29) is 5.57 Å². The minimum absolute atomic E-state index is 0.0891. The predicted molar refractivity (Wildman–Crippen MR) is 57.0 cm³/mol. The van der Waals surface area contributed by atoms with Gasteiger partial charge in [0.25, 0.3) is 5.92 Å². The standard InChI is InChI=1S/C12H20F2O/c1-10(2,3)12(13,14)9-6-5-7-11(4,15)8-9/h8,15H,5-7H2,1-4H3. The Kier molecular flexibility index (Phi) is 2.99. The Balaban J connectivity index is 3.03. The number of allylic oxidation sites excluding steroid dienone is 1. The van der Waals surface area contributed by atoms with E-state index in [0.29, 0.717) is 19.3 Å². The molecule has 3 heteroatoms. The van der Waals surface area contributed by atoms with Crippen molar-refractivity contribution in [3.05, 3.63) is 11.6 Å². The van der Waals surface area contributed by atoms with Gasteiger partial charge >= 0.3 is 0 Å². The molecule has 0 saturated heterocycles. The van der Waals surface area contributed by atoms with E-state index in [1.807, 2.05) is 0 Å². The fourth-order valence-corrected chi connectivity index (χ4v) is 1.89. The van der Waals surface area contributed by atoms with Crippen LogP contribution in [0.3, 0.4) is 0 Å².